The van der Waals surface area contributed by atoms with Crippen LogP contribution in [0.25, 0.3) is 0 Å². The van der Waals surface area contributed by atoms with Gasteiger partial charge in [0.05, 0.1) is 6.54 Å². The van der Waals surface area contributed by atoms with Crippen molar-refractivity contribution in [2.75, 3.05) is 24.3 Å². The number of aryl methyl sites for hydroxylation is 2. The number of rotatable bonds is 4. The summed E-state index contributed by atoms with van der Waals surface area (Å²) in [7, 11) is 5.80. The molecule has 96 valence electrons. The van der Waals surface area contributed by atoms with Crippen LogP contribution >= 0.6 is 0 Å². The lowest BCUT2D eigenvalue weighted by molar-refractivity contribution is 0.754. The zero-order chi connectivity index (χ0) is 13.1. The van der Waals surface area contributed by atoms with Crippen LogP contribution in [0.15, 0.2) is 18.5 Å². The maximum absolute atomic E-state index is 4.43. The van der Waals surface area contributed by atoms with Crippen molar-refractivity contribution in [1.82, 2.24) is 19.5 Å². The van der Waals surface area contributed by atoms with Crippen molar-refractivity contribution in [3.05, 3.63) is 30.0 Å². The molecule has 0 aromatic carbocycles. The molecule has 6 heteroatoms. The molecule has 0 saturated heterocycles. The first-order valence-electron chi connectivity index (χ1n) is 5.81. The van der Waals surface area contributed by atoms with E-state index in [0.717, 1.165) is 17.3 Å². The normalized spacial score (nSPS) is 10.4. The molecule has 0 atom stereocenters. The van der Waals surface area contributed by atoms with Crippen LogP contribution in [0.3, 0.4) is 0 Å². The Balaban J connectivity index is 2.20. The van der Waals surface area contributed by atoms with E-state index in [0.29, 0.717) is 12.5 Å². The first kappa shape index (κ1) is 12.3. The monoisotopic (exact) mass is 246 g/mol. The Labute approximate surface area is 107 Å². The Morgan fingerprint density at radius 1 is 1.39 bits per heavy atom. The van der Waals surface area contributed by atoms with Crippen LogP contribution < -0.4 is 10.2 Å². The van der Waals surface area contributed by atoms with Crippen LogP contribution in [0.1, 0.15) is 11.5 Å². The molecule has 0 saturated carbocycles. The van der Waals surface area contributed by atoms with Crippen LogP contribution in [0.4, 0.5) is 11.8 Å². The van der Waals surface area contributed by atoms with Crippen LogP contribution in [0, 0.1) is 6.92 Å². The topological polar surface area (TPSA) is 58.9 Å². The quantitative estimate of drug-likeness (QED) is 0.878. The van der Waals surface area contributed by atoms with Gasteiger partial charge in [0, 0.05) is 45.3 Å². The Kier molecular flexibility index (Phi) is 3.45. The van der Waals surface area contributed by atoms with Gasteiger partial charge in [-0.15, -0.1) is 0 Å². The van der Waals surface area contributed by atoms with Crippen LogP contribution in [-0.2, 0) is 13.6 Å². The molecular formula is C12H18N6. The SMILES string of the molecule is CNc1nc(C)cc(N(C)Cc2nccn2C)n1. The third-order valence-corrected chi connectivity index (χ3v) is 2.75. The second-order valence-electron chi connectivity index (χ2n) is 4.25. The van der Waals surface area contributed by atoms with Gasteiger partial charge in [-0.25, -0.2) is 9.97 Å². The number of nitrogens with zero attached hydrogens (tertiary/aromatic N) is 5. The van der Waals surface area contributed by atoms with E-state index in [-0.39, 0.29) is 0 Å². The van der Waals surface area contributed by atoms with E-state index in [9.17, 15) is 0 Å². The Hall–Kier alpha value is -2.11. The minimum absolute atomic E-state index is 0.636. The fraction of sp³-hybridized carbons (Fsp3) is 0.417. The summed E-state index contributed by atoms with van der Waals surface area (Å²) >= 11 is 0. The highest BCUT2D eigenvalue weighted by Gasteiger charge is 2.09. The zero-order valence-corrected chi connectivity index (χ0v) is 11.2. The van der Waals surface area contributed by atoms with Gasteiger partial charge in [0.15, 0.2) is 0 Å². The Morgan fingerprint density at radius 3 is 2.78 bits per heavy atom. The highest BCUT2D eigenvalue weighted by atomic mass is 15.2. The summed E-state index contributed by atoms with van der Waals surface area (Å²) < 4.78 is 2.00. The molecular weight excluding hydrogens is 228 g/mol. The van der Waals surface area contributed by atoms with Gasteiger partial charge in [-0.1, -0.05) is 0 Å². The summed E-state index contributed by atoms with van der Waals surface area (Å²) in [4.78, 5) is 15.1. The van der Waals surface area contributed by atoms with Crippen LogP contribution in [-0.4, -0.2) is 33.6 Å². The molecule has 2 heterocycles. The van der Waals surface area contributed by atoms with E-state index < -0.39 is 0 Å². The second-order valence-corrected chi connectivity index (χ2v) is 4.25. The molecule has 0 radical (unpaired) electrons. The van der Waals surface area contributed by atoms with Gasteiger partial charge >= 0.3 is 0 Å². The maximum atomic E-state index is 4.43. The van der Waals surface area contributed by atoms with Crippen molar-refractivity contribution in [1.29, 1.82) is 0 Å². The summed E-state index contributed by atoms with van der Waals surface area (Å²) in [5, 5.41) is 2.96. The molecule has 0 spiro atoms. The van der Waals surface area contributed by atoms with Crippen molar-refractivity contribution in [2.45, 2.75) is 13.5 Å². The van der Waals surface area contributed by atoms with E-state index in [1.54, 1.807) is 6.20 Å². The molecule has 0 aliphatic carbocycles. The third kappa shape index (κ3) is 2.58. The first-order valence-corrected chi connectivity index (χ1v) is 5.81. The standard InChI is InChI=1S/C12H18N6/c1-9-7-10(16-12(13-2)15-9)18(4)8-11-14-5-6-17(11)3/h5-7H,8H2,1-4H3,(H,13,15,16). The summed E-state index contributed by atoms with van der Waals surface area (Å²) in [6.45, 7) is 2.67. The van der Waals surface area contributed by atoms with Gasteiger partial charge < -0.3 is 14.8 Å². The highest BCUT2D eigenvalue weighted by molar-refractivity contribution is 5.43. The predicted octanol–water partition coefficient (Wildman–Crippen LogP) is 1.20. The molecule has 18 heavy (non-hydrogen) atoms. The molecule has 2 aromatic rings. The van der Waals surface area contributed by atoms with Crippen molar-refractivity contribution in [2.24, 2.45) is 7.05 Å². The van der Waals surface area contributed by atoms with Gasteiger partial charge in [-0.3, -0.25) is 0 Å². The summed E-state index contributed by atoms with van der Waals surface area (Å²) in [5.41, 5.74) is 0.941. The fourth-order valence-electron chi connectivity index (χ4n) is 1.70. The fourth-order valence-corrected chi connectivity index (χ4v) is 1.70. The Morgan fingerprint density at radius 2 is 2.17 bits per heavy atom. The van der Waals surface area contributed by atoms with E-state index in [2.05, 4.69) is 25.2 Å². The summed E-state index contributed by atoms with van der Waals surface area (Å²) in [6.07, 6.45) is 3.74. The molecule has 6 nitrogen and oxygen atoms in total. The largest absolute Gasteiger partial charge is 0.357 e. The minimum Gasteiger partial charge on any atom is -0.357 e. The van der Waals surface area contributed by atoms with Gasteiger partial charge in [0.2, 0.25) is 5.95 Å². The molecule has 2 rings (SSSR count). The third-order valence-electron chi connectivity index (χ3n) is 2.75. The van der Waals surface area contributed by atoms with E-state index in [4.69, 9.17) is 0 Å². The van der Waals surface area contributed by atoms with Crippen molar-refractivity contribution >= 4 is 11.8 Å². The number of hydrogen-bond acceptors (Lipinski definition) is 5. The van der Waals surface area contributed by atoms with Crippen molar-refractivity contribution in [3.8, 4) is 0 Å². The molecule has 2 aromatic heterocycles. The number of nitrogens with one attached hydrogen (secondary N) is 1. The average Bonchev–Trinajstić information content (AvgIpc) is 2.74. The van der Waals surface area contributed by atoms with Crippen LogP contribution in [0.2, 0.25) is 0 Å². The second kappa shape index (κ2) is 5.03. The molecule has 0 aliphatic heterocycles. The van der Waals surface area contributed by atoms with Gasteiger partial charge in [0.1, 0.15) is 11.6 Å². The molecule has 0 amide bonds. The molecule has 0 fully saturated rings. The van der Waals surface area contributed by atoms with Crippen molar-refractivity contribution in [3.63, 3.8) is 0 Å². The lowest BCUT2D eigenvalue weighted by Crippen LogP contribution is -2.20. The molecule has 0 unspecified atom stereocenters. The Bertz CT molecular complexity index is 533. The van der Waals surface area contributed by atoms with Gasteiger partial charge in [-0.2, -0.15) is 4.98 Å². The zero-order valence-electron chi connectivity index (χ0n) is 11.2. The molecule has 1 N–H and O–H groups in total. The van der Waals surface area contributed by atoms with Gasteiger partial charge in [0.25, 0.3) is 0 Å². The number of imidazole rings is 1. The van der Waals surface area contributed by atoms with E-state index in [1.807, 2.05) is 44.9 Å². The predicted molar refractivity (Wildman–Crippen MR) is 71.6 cm³/mol. The van der Waals surface area contributed by atoms with Gasteiger partial charge in [-0.05, 0) is 6.92 Å². The highest BCUT2D eigenvalue weighted by Crippen LogP contribution is 2.15. The minimum atomic E-state index is 0.636. The smallest absolute Gasteiger partial charge is 0.224 e. The summed E-state index contributed by atoms with van der Waals surface area (Å²) in [5.74, 6) is 2.52. The average molecular weight is 246 g/mol. The van der Waals surface area contributed by atoms with Crippen molar-refractivity contribution < 1.29 is 0 Å². The lowest BCUT2D eigenvalue weighted by Gasteiger charge is -2.18. The van der Waals surface area contributed by atoms with E-state index in [1.165, 1.54) is 0 Å². The number of anilines is 2. The number of aromatic nitrogens is 4. The summed E-state index contributed by atoms with van der Waals surface area (Å²) in [6, 6.07) is 1.96. The lowest BCUT2D eigenvalue weighted by atomic mass is 10.4. The first-order chi connectivity index (χ1) is 8.60. The van der Waals surface area contributed by atoms with Crippen LogP contribution in [0.5, 0.6) is 0 Å². The van der Waals surface area contributed by atoms with E-state index >= 15 is 0 Å². The number of hydrogen-bond donors (Lipinski definition) is 1. The molecule has 0 aliphatic rings. The molecule has 0 bridgehead atoms. The maximum Gasteiger partial charge on any atom is 0.224 e.